The Kier molecular flexibility index (Phi) is 4.67. The molecular formula is C20H19F2N3O. The summed E-state index contributed by atoms with van der Waals surface area (Å²) in [6.07, 6.45) is 1.68. The van der Waals surface area contributed by atoms with E-state index in [-0.39, 0.29) is 11.6 Å². The molecular weight excluding hydrogens is 336 g/mol. The van der Waals surface area contributed by atoms with Gasteiger partial charge in [-0.1, -0.05) is 0 Å². The highest BCUT2D eigenvalue weighted by molar-refractivity contribution is 5.55. The summed E-state index contributed by atoms with van der Waals surface area (Å²) in [5.74, 6) is 0.810. The van der Waals surface area contributed by atoms with Gasteiger partial charge in [-0.3, -0.25) is 4.90 Å². The lowest BCUT2D eigenvalue weighted by atomic mass is 10.2. The van der Waals surface area contributed by atoms with Crippen molar-refractivity contribution in [2.75, 3.05) is 31.1 Å². The fraction of sp³-hybridized carbons (Fsp3) is 0.250. The average Bonchev–Trinajstić information content (AvgIpc) is 3.12. The van der Waals surface area contributed by atoms with Crippen LogP contribution < -0.4 is 4.90 Å². The van der Waals surface area contributed by atoms with Crippen LogP contribution in [0.5, 0.6) is 0 Å². The summed E-state index contributed by atoms with van der Waals surface area (Å²) in [6, 6.07) is 12.8. The lowest BCUT2D eigenvalue weighted by Crippen LogP contribution is -2.46. The molecule has 1 aliphatic rings. The van der Waals surface area contributed by atoms with Gasteiger partial charge >= 0.3 is 0 Å². The van der Waals surface area contributed by atoms with Gasteiger partial charge in [-0.2, -0.15) is 0 Å². The Hall–Kier alpha value is -2.73. The summed E-state index contributed by atoms with van der Waals surface area (Å²) in [5.41, 5.74) is 1.85. The highest BCUT2D eigenvalue weighted by Crippen LogP contribution is 2.22. The summed E-state index contributed by atoms with van der Waals surface area (Å²) >= 11 is 0. The molecule has 1 fully saturated rings. The second-order valence-electron chi connectivity index (χ2n) is 6.36. The van der Waals surface area contributed by atoms with Crippen LogP contribution >= 0.6 is 0 Å². The Morgan fingerprint density at radius 2 is 1.46 bits per heavy atom. The van der Waals surface area contributed by atoms with Gasteiger partial charge in [-0.15, -0.1) is 0 Å². The minimum Gasteiger partial charge on any atom is -0.439 e. The summed E-state index contributed by atoms with van der Waals surface area (Å²) in [4.78, 5) is 8.86. The van der Waals surface area contributed by atoms with E-state index in [2.05, 4.69) is 14.8 Å². The SMILES string of the molecule is Fc1ccc(-c2cnc(CN3CCN(c4ccc(F)cc4)CC3)o2)cc1. The number of piperazine rings is 1. The lowest BCUT2D eigenvalue weighted by Gasteiger charge is -2.35. The first-order chi connectivity index (χ1) is 12.7. The summed E-state index contributed by atoms with van der Waals surface area (Å²) in [7, 11) is 0. The molecule has 1 aliphatic heterocycles. The third-order valence-corrected chi connectivity index (χ3v) is 4.61. The van der Waals surface area contributed by atoms with Gasteiger partial charge in [0.15, 0.2) is 5.76 Å². The van der Waals surface area contributed by atoms with Gasteiger partial charge in [-0.05, 0) is 48.5 Å². The van der Waals surface area contributed by atoms with Crippen LogP contribution in [0.2, 0.25) is 0 Å². The number of aromatic nitrogens is 1. The number of hydrogen-bond acceptors (Lipinski definition) is 4. The van der Waals surface area contributed by atoms with Gasteiger partial charge in [0, 0.05) is 37.4 Å². The molecule has 1 aromatic heterocycles. The number of oxazole rings is 1. The first-order valence-corrected chi connectivity index (χ1v) is 8.61. The third-order valence-electron chi connectivity index (χ3n) is 4.61. The second kappa shape index (κ2) is 7.25. The number of benzene rings is 2. The molecule has 0 aliphatic carbocycles. The van der Waals surface area contributed by atoms with E-state index in [1.54, 1.807) is 18.3 Å². The minimum atomic E-state index is -0.271. The Morgan fingerprint density at radius 3 is 2.12 bits per heavy atom. The van der Waals surface area contributed by atoms with Crippen LogP contribution in [0.15, 0.2) is 59.1 Å². The Labute approximate surface area is 150 Å². The van der Waals surface area contributed by atoms with Crippen LogP contribution in [0.1, 0.15) is 5.89 Å². The number of anilines is 1. The van der Waals surface area contributed by atoms with Gasteiger partial charge in [0.1, 0.15) is 11.6 Å². The minimum absolute atomic E-state index is 0.215. The first-order valence-electron chi connectivity index (χ1n) is 8.61. The molecule has 134 valence electrons. The molecule has 0 spiro atoms. The van der Waals surface area contributed by atoms with Crippen LogP contribution in [0.3, 0.4) is 0 Å². The molecule has 1 saturated heterocycles. The number of hydrogen-bond donors (Lipinski definition) is 0. The van der Waals surface area contributed by atoms with Gasteiger partial charge in [0.25, 0.3) is 0 Å². The van der Waals surface area contributed by atoms with Crippen molar-refractivity contribution in [3.05, 3.63) is 72.3 Å². The highest BCUT2D eigenvalue weighted by Gasteiger charge is 2.19. The van der Waals surface area contributed by atoms with E-state index < -0.39 is 0 Å². The zero-order valence-electron chi connectivity index (χ0n) is 14.2. The molecule has 0 N–H and O–H groups in total. The average molecular weight is 355 g/mol. The molecule has 0 amide bonds. The molecule has 4 rings (SSSR count). The molecule has 2 heterocycles. The normalized spacial score (nSPS) is 15.4. The van der Waals surface area contributed by atoms with Crippen molar-refractivity contribution in [2.24, 2.45) is 0 Å². The predicted molar refractivity (Wildman–Crippen MR) is 95.8 cm³/mol. The Morgan fingerprint density at radius 1 is 0.846 bits per heavy atom. The quantitative estimate of drug-likeness (QED) is 0.710. The molecule has 0 radical (unpaired) electrons. The van der Waals surface area contributed by atoms with E-state index in [0.29, 0.717) is 18.2 Å². The predicted octanol–water partition coefficient (Wildman–Crippen LogP) is 3.94. The zero-order valence-corrected chi connectivity index (χ0v) is 14.2. The van der Waals surface area contributed by atoms with E-state index in [4.69, 9.17) is 4.42 Å². The maximum atomic E-state index is 13.0. The third kappa shape index (κ3) is 3.75. The first kappa shape index (κ1) is 16.7. The number of rotatable bonds is 4. The van der Waals surface area contributed by atoms with Crippen LogP contribution in [0.25, 0.3) is 11.3 Å². The molecule has 0 unspecified atom stereocenters. The van der Waals surface area contributed by atoms with Gasteiger partial charge in [0.05, 0.1) is 12.7 Å². The van der Waals surface area contributed by atoms with Gasteiger partial charge in [-0.25, -0.2) is 13.8 Å². The van der Waals surface area contributed by atoms with Crippen LogP contribution in [0, 0.1) is 11.6 Å². The molecule has 2 aromatic carbocycles. The molecule has 0 saturated carbocycles. The van der Waals surface area contributed by atoms with E-state index in [1.807, 2.05) is 12.1 Å². The summed E-state index contributed by atoms with van der Waals surface area (Å²) < 4.78 is 31.9. The standard InChI is InChI=1S/C20H19F2N3O/c21-16-3-1-15(2-4-16)19-13-23-20(26-19)14-24-9-11-25(12-10-24)18-7-5-17(22)6-8-18/h1-8,13H,9-12,14H2. The topological polar surface area (TPSA) is 32.5 Å². The maximum absolute atomic E-state index is 13.0. The second-order valence-corrected chi connectivity index (χ2v) is 6.36. The lowest BCUT2D eigenvalue weighted by molar-refractivity contribution is 0.227. The molecule has 4 nitrogen and oxygen atoms in total. The van der Waals surface area contributed by atoms with Gasteiger partial charge in [0.2, 0.25) is 5.89 Å². The van der Waals surface area contributed by atoms with Crippen LogP contribution in [-0.4, -0.2) is 36.1 Å². The van der Waals surface area contributed by atoms with Crippen molar-refractivity contribution in [1.29, 1.82) is 0 Å². The summed E-state index contributed by atoms with van der Waals surface area (Å²) in [6.45, 7) is 4.14. The van der Waals surface area contributed by atoms with E-state index >= 15 is 0 Å². The zero-order chi connectivity index (χ0) is 17.9. The monoisotopic (exact) mass is 355 g/mol. The molecule has 0 atom stereocenters. The summed E-state index contributed by atoms with van der Waals surface area (Å²) in [5, 5.41) is 0. The van der Waals surface area contributed by atoms with E-state index in [1.165, 1.54) is 24.3 Å². The van der Waals surface area contributed by atoms with E-state index in [0.717, 1.165) is 37.4 Å². The fourth-order valence-corrected chi connectivity index (χ4v) is 3.14. The largest absolute Gasteiger partial charge is 0.439 e. The fourth-order valence-electron chi connectivity index (χ4n) is 3.14. The molecule has 3 aromatic rings. The van der Waals surface area contributed by atoms with E-state index in [9.17, 15) is 8.78 Å². The number of halogens is 2. The number of nitrogens with zero attached hydrogens (tertiary/aromatic N) is 3. The van der Waals surface area contributed by atoms with Crippen LogP contribution in [0.4, 0.5) is 14.5 Å². The van der Waals surface area contributed by atoms with Crippen molar-refractivity contribution in [1.82, 2.24) is 9.88 Å². The van der Waals surface area contributed by atoms with Crippen molar-refractivity contribution in [2.45, 2.75) is 6.54 Å². The molecule has 26 heavy (non-hydrogen) atoms. The maximum Gasteiger partial charge on any atom is 0.209 e. The molecule has 6 heteroatoms. The molecule has 0 bridgehead atoms. The Balaban J connectivity index is 1.34. The van der Waals surface area contributed by atoms with Crippen molar-refractivity contribution in [3.8, 4) is 11.3 Å². The van der Waals surface area contributed by atoms with Gasteiger partial charge < -0.3 is 9.32 Å². The van der Waals surface area contributed by atoms with Crippen molar-refractivity contribution >= 4 is 5.69 Å². The smallest absolute Gasteiger partial charge is 0.209 e. The van der Waals surface area contributed by atoms with Crippen LogP contribution in [-0.2, 0) is 6.54 Å². The highest BCUT2D eigenvalue weighted by atomic mass is 19.1. The Bertz CT molecular complexity index is 854. The van der Waals surface area contributed by atoms with Crippen molar-refractivity contribution < 1.29 is 13.2 Å². The van der Waals surface area contributed by atoms with Crippen molar-refractivity contribution in [3.63, 3.8) is 0 Å².